The molecule has 0 spiro atoms. The second-order valence-electron chi connectivity index (χ2n) is 3.47. The number of hydrogen-bond acceptors (Lipinski definition) is 5. The van der Waals surface area contributed by atoms with E-state index in [1.165, 1.54) is 7.11 Å². The van der Waals surface area contributed by atoms with Crippen LogP contribution in [0, 0.1) is 11.6 Å². The predicted molar refractivity (Wildman–Crippen MR) is 61.0 cm³/mol. The van der Waals surface area contributed by atoms with Gasteiger partial charge in [-0.2, -0.15) is 4.98 Å². The van der Waals surface area contributed by atoms with Crippen LogP contribution in [0.2, 0.25) is 0 Å². The summed E-state index contributed by atoms with van der Waals surface area (Å²) in [7, 11) is 1.34. The minimum Gasteiger partial charge on any atom is -0.497 e. The minimum atomic E-state index is -0.706. The van der Waals surface area contributed by atoms with Crippen molar-refractivity contribution < 1.29 is 13.5 Å². The fourth-order valence-electron chi connectivity index (χ4n) is 1.39. The summed E-state index contributed by atoms with van der Waals surface area (Å²) in [4.78, 5) is 3.75. The van der Waals surface area contributed by atoms with Crippen molar-refractivity contribution in [2.45, 2.75) is 6.54 Å². The second-order valence-corrected chi connectivity index (χ2v) is 3.47. The predicted octanol–water partition coefficient (Wildman–Crippen LogP) is 1.29. The second kappa shape index (κ2) is 4.86. The molecule has 8 heteroatoms. The van der Waals surface area contributed by atoms with Crippen molar-refractivity contribution in [3.63, 3.8) is 0 Å². The number of anilines is 2. The number of rotatable bonds is 4. The summed E-state index contributed by atoms with van der Waals surface area (Å²) in [5.74, 6) is -1.00. The summed E-state index contributed by atoms with van der Waals surface area (Å²) in [5.41, 5.74) is 5.19. The van der Waals surface area contributed by atoms with Crippen molar-refractivity contribution in [2.75, 3.05) is 18.2 Å². The first-order valence-corrected chi connectivity index (χ1v) is 5.04. The maximum Gasteiger partial charge on any atom is 0.243 e. The smallest absolute Gasteiger partial charge is 0.243 e. The van der Waals surface area contributed by atoms with Crippen LogP contribution in [0.25, 0.3) is 0 Å². The first kappa shape index (κ1) is 12.1. The lowest BCUT2D eigenvalue weighted by Crippen LogP contribution is -2.06. The Hall–Kier alpha value is -2.38. The highest BCUT2D eigenvalue weighted by Gasteiger charge is 2.12. The van der Waals surface area contributed by atoms with Gasteiger partial charge in [-0.25, -0.2) is 13.9 Å². The van der Waals surface area contributed by atoms with Crippen molar-refractivity contribution >= 4 is 11.9 Å². The summed E-state index contributed by atoms with van der Waals surface area (Å²) in [5, 5.41) is 8.73. The van der Waals surface area contributed by atoms with E-state index in [1.54, 1.807) is 0 Å². The lowest BCUT2D eigenvalue weighted by atomic mass is 10.2. The fraction of sp³-hybridized carbons (Fsp3) is 0.200. The molecule has 0 amide bonds. The van der Waals surface area contributed by atoms with E-state index in [1.807, 2.05) is 0 Å². The van der Waals surface area contributed by atoms with E-state index in [0.717, 1.165) is 12.1 Å². The molecule has 0 radical (unpaired) electrons. The van der Waals surface area contributed by atoms with Crippen LogP contribution in [0.4, 0.5) is 20.7 Å². The number of H-pyrrole nitrogens is 1. The van der Waals surface area contributed by atoms with E-state index in [-0.39, 0.29) is 29.8 Å². The normalized spacial score (nSPS) is 10.4. The number of benzene rings is 1. The van der Waals surface area contributed by atoms with E-state index in [4.69, 9.17) is 10.5 Å². The third kappa shape index (κ3) is 2.47. The number of nitrogens with one attached hydrogen (secondary N) is 2. The molecular formula is C10H11F2N5O. The monoisotopic (exact) mass is 255 g/mol. The number of halogens is 2. The molecule has 1 heterocycles. The molecule has 0 fully saturated rings. The Morgan fingerprint density at radius 2 is 2.06 bits per heavy atom. The number of aromatic amines is 1. The van der Waals surface area contributed by atoms with Crippen molar-refractivity contribution in [3.8, 4) is 5.75 Å². The first-order valence-electron chi connectivity index (χ1n) is 5.04. The van der Waals surface area contributed by atoms with Gasteiger partial charge in [-0.1, -0.05) is 0 Å². The summed E-state index contributed by atoms with van der Waals surface area (Å²) >= 11 is 0. The molecule has 1 aromatic heterocycles. The van der Waals surface area contributed by atoms with Gasteiger partial charge in [0.25, 0.3) is 0 Å². The van der Waals surface area contributed by atoms with E-state index in [9.17, 15) is 8.78 Å². The Bertz CT molecular complexity index is 534. The number of nitrogens with two attached hydrogens (primary N) is 1. The molecule has 1 aromatic carbocycles. The molecule has 0 atom stereocenters. The molecule has 18 heavy (non-hydrogen) atoms. The quantitative estimate of drug-likeness (QED) is 0.766. The van der Waals surface area contributed by atoms with E-state index in [2.05, 4.69) is 20.5 Å². The zero-order chi connectivity index (χ0) is 13.1. The topological polar surface area (TPSA) is 88.8 Å². The molecule has 0 aliphatic carbocycles. The molecule has 6 nitrogen and oxygen atoms in total. The standard InChI is InChI=1S/C10H11F2N5O/c1-18-5-2-7(11)6(8(12)3-5)4-14-10-15-9(13)16-17-10/h2-3H,4H2,1H3,(H4,13,14,15,16,17). The van der Waals surface area contributed by atoms with E-state index in [0.29, 0.717) is 0 Å². The SMILES string of the molecule is COc1cc(F)c(CNc2n[nH]c(N)n2)c(F)c1. The first-order chi connectivity index (χ1) is 8.60. The van der Waals surface area contributed by atoms with Crippen molar-refractivity contribution in [1.29, 1.82) is 0 Å². The average Bonchev–Trinajstić information content (AvgIpc) is 2.73. The molecule has 0 aliphatic rings. The van der Waals surface area contributed by atoms with Gasteiger partial charge in [-0.3, -0.25) is 0 Å². The molecule has 0 aliphatic heterocycles. The van der Waals surface area contributed by atoms with Crippen LogP contribution in [0.15, 0.2) is 12.1 Å². The van der Waals surface area contributed by atoms with Crippen LogP contribution in [0.3, 0.4) is 0 Å². The number of hydrogen-bond donors (Lipinski definition) is 3. The van der Waals surface area contributed by atoms with Crippen LogP contribution in [0.1, 0.15) is 5.56 Å². The Morgan fingerprint density at radius 1 is 1.39 bits per heavy atom. The van der Waals surface area contributed by atoms with E-state index >= 15 is 0 Å². The highest BCUT2D eigenvalue weighted by molar-refractivity contribution is 5.35. The van der Waals surface area contributed by atoms with Gasteiger partial charge in [0.05, 0.1) is 7.11 Å². The Morgan fingerprint density at radius 3 is 2.56 bits per heavy atom. The van der Waals surface area contributed by atoms with Gasteiger partial charge in [0.15, 0.2) is 0 Å². The van der Waals surface area contributed by atoms with Crippen molar-refractivity contribution in [1.82, 2.24) is 15.2 Å². The summed E-state index contributed by atoms with van der Waals surface area (Å²) in [6.07, 6.45) is 0. The lowest BCUT2D eigenvalue weighted by Gasteiger charge is -2.07. The van der Waals surface area contributed by atoms with Gasteiger partial charge in [0.2, 0.25) is 11.9 Å². The Balaban J connectivity index is 2.14. The van der Waals surface area contributed by atoms with Crippen molar-refractivity contribution in [3.05, 3.63) is 29.3 Å². The van der Waals surface area contributed by atoms with Crippen LogP contribution in [0.5, 0.6) is 5.75 Å². The minimum absolute atomic E-state index is 0.0983. The van der Waals surface area contributed by atoms with Gasteiger partial charge in [0.1, 0.15) is 17.4 Å². The fourth-order valence-corrected chi connectivity index (χ4v) is 1.39. The number of methoxy groups -OCH3 is 1. The zero-order valence-corrected chi connectivity index (χ0v) is 9.50. The maximum absolute atomic E-state index is 13.6. The lowest BCUT2D eigenvalue weighted by molar-refractivity contribution is 0.405. The summed E-state index contributed by atoms with van der Waals surface area (Å²) < 4.78 is 31.9. The molecule has 96 valence electrons. The average molecular weight is 255 g/mol. The van der Waals surface area contributed by atoms with Crippen LogP contribution in [-0.4, -0.2) is 22.3 Å². The van der Waals surface area contributed by atoms with Gasteiger partial charge in [-0.15, -0.1) is 5.10 Å². The highest BCUT2D eigenvalue weighted by Crippen LogP contribution is 2.21. The van der Waals surface area contributed by atoms with E-state index < -0.39 is 11.6 Å². The summed E-state index contributed by atoms with van der Waals surface area (Å²) in [6, 6.07) is 2.21. The number of aromatic nitrogens is 3. The Kier molecular flexibility index (Phi) is 3.26. The molecule has 0 saturated carbocycles. The van der Waals surface area contributed by atoms with Gasteiger partial charge in [-0.05, 0) is 0 Å². The van der Waals surface area contributed by atoms with Crippen molar-refractivity contribution in [2.24, 2.45) is 0 Å². The van der Waals surface area contributed by atoms with Crippen LogP contribution in [-0.2, 0) is 6.54 Å². The van der Waals surface area contributed by atoms with Gasteiger partial charge >= 0.3 is 0 Å². The van der Waals surface area contributed by atoms with Gasteiger partial charge < -0.3 is 15.8 Å². The molecule has 2 rings (SSSR count). The van der Waals surface area contributed by atoms with Gasteiger partial charge in [0, 0.05) is 24.2 Å². The Labute approximate surface area is 101 Å². The molecule has 2 aromatic rings. The number of ether oxygens (including phenoxy) is 1. The summed E-state index contributed by atoms with van der Waals surface area (Å²) in [6.45, 7) is -0.0983. The third-order valence-corrected chi connectivity index (χ3v) is 2.28. The van der Waals surface area contributed by atoms with Crippen LogP contribution >= 0.6 is 0 Å². The number of nitrogens with zero attached hydrogens (tertiary/aromatic N) is 2. The van der Waals surface area contributed by atoms with Crippen LogP contribution < -0.4 is 15.8 Å². The molecule has 0 bridgehead atoms. The highest BCUT2D eigenvalue weighted by atomic mass is 19.1. The zero-order valence-electron chi connectivity index (χ0n) is 9.50. The molecule has 4 N–H and O–H groups in total. The maximum atomic E-state index is 13.6. The largest absolute Gasteiger partial charge is 0.497 e. The number of nitrogen functional groups attached to an aromatic ring is 1. The third-order valence-electron chi connectivity index (χ3n) is 2.28. The molecule has 0 saturated heterocycles. The molecule has 0 unspecified atom stereocenters. The molecular weight excluding hydrogens is 244 g/mol.